The van der Waals surface area contributed by atoms with Crippen molar-refractivity contribution in [1.29, 1.82) is 0 Å². The van der Waals surface area contributed by atoms with Gasteiger partial charge >= 0.3 is 6.18 Å². The molecule has 1 fully saturated rings. The molecule has 1 aromatic heterocycles. The molecule has 1 atom stereocenters. The highest BCUT2D eigenvalue weighted by Gasteiger charge is 2.33. The second-order valence-electron chi connectivity index (χ2n) is 7.20. The zero-order valence-electron chi connectivity index (χ0n) is 17.0. The van der Waals surface area contributed by atoms with Crippen molar-refractivity contribution in [2.75, 3.05) is 33.2 Å². The molecule has 1 aliphatic heterocycles. The fourth-order valence-corrected chi connectivity index (χ4v) is 3.15. The summed E-state index contributed by atoms with van der Waals surface area (Å²) in [5.74, 6) is -0.0962. The van der Waals surface area contributed by atoms with Crippen molar-refractivity contribution in [2.45, 2.75) is 19.1 Å². The Morgan fingerprint density at radius 2 is 1.94 bits per heavy atom. The Labute approximate surface area is 176 Å². The van der Waals surface area contributed by atoms with Crippen LogP contribution >= 0.6 is 0 Å². The number of aromatic nitrogens is 2. The molecule has 1 aliphatic rings. The SMILES string of the molecule is Cc1nnc([C@H]2CN(C)CCN2C(=O)CNC(=O)/C=C/c2ccc(C(F)(F)F)cc2)o1. The second-order valence-corrected chi connectivity index (χ2v) is 7.20. The average Bonchev–Trinajstić information content (AvgIpc) is 3.16. The van der Waals surface area contributed by atoms with Crippen LogP contribution in [0, 0.1) is 6.92 Å². The molecule has 11 heteroatoms. The summed E-state index contributed by atoms with van der Waals surface area (Å²) >= 11 is 0. The highest BCUT2D eigenvalue weighted by Crippen LogP contribution is 2.29. The largest absolute Gasteiger partial charge is 0.423 e. The van der Waals surface area contributed by atoms with E-state index in [1.165, 1.54) is 24.3 Å². The Morgan fingerprint density at radius 3 is 2.55 bits per heavy atom. The maximum absolute atomic E-state index is 12.7. The highest BCUT2D eigenvalue weighted by molar-refractivity contribution is 5.94. The molecule has 0 unspecified atom stereocenters. The van der Waals surface area contributed by atoms with Gasteiger partial charge in [0.1, 0.15) is 6.04 Å². The summed E-state index contributed by atoms with van der Waals surface area (Å²) < 4.78 is 43.2. The summed E-state index contributed by atoms with van der Waals surface area (Å²) in [5, 5.41) is 10.3. The first-order chi connectivity index (χ1) is 14.6. The first-order valence-electron chi connectivity index (χ1n) is 9.54. The third kappa shape index (κ3) is 5.91. The molecule has 0 aliphatic carbocycles. The lowest BCUT2D eigenvalue weighted by Gasteiger charge is -2.38. The number of likely N-dealkylation sites (N-methyl/N-ethyl adjacent to an activating group) is 1. The number of nitrogens with one attached hydrogen (secondary N) is 1. The molecule has 2 heterocycles. The quantitative estimate of drug-likeness (QED) is 0.720. The Kier molecular flexibility index (Phi) is 6.74. The van der Waals surface area contributed by atoms with E-state index in [0.29, 0.717) is 37.0 Å². The van der Waals surface area contributed by atoms with Gasteiger partial charge in [0.15, 0.2) is 0 Å². The molecule has 3 rings (SSSR count). The van der Waals surface area contributed by atoms with Gasteiger partial charge in [-0.3, -0.25) is 9.59 Å². The Morgan fingerprint density at radius 1 is 1.23 bits per heavy atom. The molecule has 0 bridgehead atoms. The molecule has 0 saturated carbocycles. The third-order valence-corrected chi connectivity index (χ3v) is 4.81. The molecule has 2 aromatic rings. The molecule has 1 saturated heterocycles. The van der Waals surface area contributed by atoms with Crippen molar-refractivity contribution < 1.29 is 27.2 Å². The van der Waals surface area contributed by atoms with Crippen LogP contribution in [-0.4, -0.2) is 65.0 Å². The molecule has 8 nitrogen and oxygen atoms in total. The van der Waals surface area contributed by atoms with E-state index in [0.717, 1.165) is 12.1 Å². The predicted octanol–water partition coefficient (Wildman–Crippen LogP) is 2.04. The van der Waals surface area contributed by atoms with Gasteiger partial charge in [-0.15, -0.1) is 10.2 Å². The Bertz CT molecular complexity index is 956. The van der Waals surface area contributed by atoms with Crippen molar-refractivity contribution in [3.8, 4) is 0 Å². The number of carbonyl (C=O) groups is 2. The third-order valence-electron chi connectivity index (χ3n) is 4.81. The topological polar surface area (TPSA) is 91.6 Å². The van der Waals surface area contributed by atoms with E-state index < -0.39 is 23.7 Å². The van der Waals surface area contributed by atoms with Crippen molar-refractivity contribution in [2.24, 2.45) is 0 Å². The molecule has 166 valence electrons. The van der Waals surface area contributed by atoms with E-state index in [1.807, 2.05) is 11.9 Å². The number of alkyl halides is 3. The van der Waals surface area contributed by atoms with Gasteiger partial charge in [0.05, 0.1) is 12.1 Å². The molecule has 1 aromatic carbocycles. The minimum Gasteiger partial charge on any atom is -0.423 e. The van der Waals surface area contributed by atoms with Gasteiger partial charge in [0.2, 0.25) is 23.6 Å². The van der Waals surface area contributed by atoms with Gasteiger partial charge in [-0.1, -0.05) is 12.1 Å². The van der Waals surface area contributed by atoms with Crippen LogP contribution in [0.25, 0.3) is 6.08 Å². The number of hydrogen-bond donors (Lipinski definition) is 1. The van der Waals surface area contributed by atoms with Crippen LogP contribution in [0.15, 0.2) is 34.8 Å². The van der Waals surface area contributed by atoms with E-state index >= 15 is 0 Å². The number of benzene rings is 1. The average molecular weight is 437 g/mol. The number of piperazine rings is 1. The number of rotatable bonds is 5. The van der Waals surface area contributed by atoms with Gasteiger partial charge < -0.3 is 19.5 Å². The van der Waals surface area contributed by atoms with Crippen LogP contribution in [0.1, 0.15) is 29.0 Å². The number of carbonyl (C=O) groups excluding carboxylic acids is 2. The minimum atomic E-state index is -4.42. The van der Waals surface area contributed by atoms with Crippen molar-refractivity contribution in [3.05, 3.63) is 53.2 Å². The molecular formula is C20H22F3N5O3. The highest BCUT2D eigenvalue weighted by atomic mass is 19.4. The van der Waals surface area contributed by atoms with Crippen LogP contribution < -0.4 is 5.32 Å². The number of nitrogens with zero attached hydrogens (tertiary/aromatic N) is 4. The van der Waals surface area contributed by atoms with Crippen LogP contribution in [0.4, 0.5) is 13.2 Å². The van der Waals surface area contributed by atoms with Crippen LogP contribution in [0.5, 0.6) is 0 Å². The Balaban J connectivity index is 1.56. The van der Waals surface area contributed by atoms with E-state index in [-0.39, 0.29) is 12.5 Å². The summed E-state index contributed by atoms with van der Waals surface area (Å²) in [5.41, 5.74) is -0.335. The monoisotopic (exact) mass is 437 g/mol. The van der Waals surface area contributed by atoms with Gasteiger partial charge in [0.25, 0.3) is 0 Å². The molecule has 0 spiro atoms. The maximum atomic E-state index is 12.7. The van der Waals surface area contributed by atoms with Gasteiger partial charge in [0, 0.05) is 32.6 Å². The normalized spacial score (nSPS) is 17.8. The molecule has 0 radical (unpaired) electrons. The van der Waals surface area contributed by atoms with Crippen molar-refractivity contribution >= 4 is 17.9 Å². The van der Waals surface area contributed by atoms with Crippen LogP contribution in [-0.2, 0) is 15.8 Å². The summed E-state index contributed by atoms with van der Waals surface area (Å²) in [6.07, 6.45) is -1.88. The van der Waals surface area contributed by atoms with E-state index in [9.17, 15) is 22.8 Å². The lowest BCUT2D eigenvalue weighted by Crippen LogP contribution is -2.51. The Hall–Kier alpha value is -3.21. The van der Waals surface area contributed by atoms with E-state index in [2.05, 4.69) is 15.5 Å². The number of hydrogen-bond acceptors (Lipinski definition) is 6. The molecular weight excluding hydrogens is 415 g/mol. The first kappa shape index (κ1) is 22.5. The minimum absolute atomic E-state index is 0.233. The van der Waals surface area contributed by atoms with Gasteiger partial charge in [-0.25, -0.2) is 0 Å². The summed E-state index contributed by atoms with van der Waals surface area (Å²) in [7, 11) is 1.92. The lowest BCUT2D eigenvalue weighted by atomic mass is 10.1. The standard InChI is InChI=1S/C20H22F3N5O3/c1-13-25-26-19(31-13)16-12-27(2)9-10-28(16)18(30)11-24-17(29)8-5-14-3-6-15(7-4-14)20(21,22)23/h3-8,16H,9-12H2,1-2H3,(H,24,29)/b8-5+/t16-/m1/s1. The second kappa shape index (κ2) is 9.29. The predicted molar refractivity (Wildman–Crippen MR) is 104 cm³/mol. The maximum Gasteiger partial charge on any atom is 0.416 e. The van der Waals surface area contributed by atoms with Crippen LogP contribution in [0.2, 0.25) is 0 Å². The number of halogens is 3. The van der Waals surface area contributed by atoms with E-state index in [4.69, 9.17) is 4.42 Å². The smallest absolute Gasteiger partial charge is 0.416 e. The number of amides is 2. The summed E-state index contributed by atoms with van der Waals surface area (Å²) in [6, 6.07) is 3.99. The fourth-order valence-electron chi connectivity index (χ4n) is 3.15. The summed E-state index contributed by atoms with van der Waals surface area (Å²) in [6.45, 7) is 3.06. The summed E-state index contributed by atoms with van der Waals surface area (Å²) in [4.78, 5) is 28.3. The fraction of sp³-hybridized carbons (Fsp3) is 0.400. The van der Waals surface area contributed by atoms with Crippen LogP contribution in [0.3, 0.4) is 0 Å². The zero-order chi connectivity index (χ0) is 22.6. The van der Waals surface area contributed by atoms with Crippen molar-refractivity contribution in [1.82, 2.24) is 25.3 Å². The lowest BCUT2D eigenvalue weighted by molar-refractivity contribution is -0.138. The zero-order valence-corrected chi connectivity index (χ0v) is 17.0. The van der Waals surface area contributed by atoms with Gasteiger partial charge in [-0.2, -0.15) is 13.2 Å². The van der Waals surface area contributed by atoms with E-state index in [1.54, 1.807) is 11.8 Å². The number of aryl methyl sites for hydroxylation is 1. The van der Waals surface area contributed by atoms with Crippen molar-refractivity contribution in [3.63, 3.8) is 0 Å². The molecule has 31 heavy (non-hydrogen) atoms. The molecule has 2 amide bonds. The van der Waals surface area contributed by atoms with Gasteiger partial charge in [-0.05, 0) is 30.8 Å². The molecule has 1 N–H and O–H groups in total. The first-order valence-corrected chi connectivity index (χ1v) is 9.54.